The number of hydrogen-bond acceptors (Lipinski definition) is 2. The Morgan fingerprint density at radius 3 is 2.73 bits per heavy atom. The second-order valence-electron chi connectivity index (χ2n) is 6.50. The van der Waals surface area contributed by atoms with Gasteiger partial charge >= 0.3 is 0 Å². The molecule has 0 fully saturated rings. The van der Waals surface area contributed by atoms with Crippen LogP contribution in [-0.2, 0) is 0 Å². The highest BCUT2D eigenvalue weighted by Gasteiger charge is 2.35. The number of allylic oxidation sites excluding steroid dienone is 1. The lowest BCUT2D eigenvalue weighted by molar-refractivity contribution is 0.621. The van der Waals surface area contributed by atoms with Gasteiger partial charge in [-0.05, 0) is 58.9 Å². The van der Waals surface area contributed by atoms with Crippen molar-refractivity contribution in [2.75, 3.05) is 18.8 Å². The van der Waals surface area contributed by atoms with E-state index in [1.165, 1.54) is 34.3 Å². The third-order valence-corrected chi connectivity index (χ3v) is 5.07. The van der Waals surface area contributed by atoms with Gasteiger partial charge in [-0.3, -0.25) is 0 Å². The van der Waals surface area contributed by atoms with E-state index in [1.54, 1.807) is 0 Å². The average Bonchev–Trinajstić information content (AvgIpc) is 2.73. The number of nitrogens with two attached hydrogens (primary N) is 1. The van der Waals surface area contributed by atoms with Crippen molar-refractivity contribution in [2.24, 2.45) is 5.92 Å². The lowest BCUT2D eigenvalue weighted by Crippen LogP contribution is -2.19. The largest absolute Gasteiger partial charge is 0.399 e. The maximum absolute atomic E-state index is 6.08. The first-order valence-corrected chi connectivity index (χ1v) is 8.14. The first-order chi connectivity index (χ1) is 10.8. The number of hydrogen-bond donors (Lipinski definition) is 2. The van der Waals surface area contributed by atoms with Gasteiger partial charge in [-0.25, -0.2) is 0 Å². The Morgan fingerprint density at radius 1 is 1.09 bits per heavy atom. The van der Waals surface area contributed by atoms with Crippen molar-refractivity contribution in [3.63, 3.8) is 0 Å². The molecule has 2 aliphatic rings. The molecule has 0 bridgehead atoms. The second-order valence-corrected chi connectivity index (χ2v) is 6.50. The second kappa shape index (κ2) is 5.29. The van der Waals surface area contributed by atoms with Crippen molar-refractivity contribution >= 4 is 11.3 Å². The van der Waals surface area contributed by atoms with E-state index in [-0.39, 0.29) is 0 Å². The van der Waals surface area contributed by atoms with E-state index in [2.05, 4.69) is 54.7 Å². The Bertz CT molecular complexity index is 731. The van der Waals surface area contributed by atoms with Crippen LogP contribution in [0.3, 0.4) is 0 Å². The van der Waals surface area contributed by atoms with Gasteiger partial charge in [0.05, 0.1) is 0 Å². The molecule has 22 heavy (non-hydrogen) atoms. The zero-order valence-corrected chi connectivity index (χ0v) is 13.0. The van der Waals surface area contributed by atoms with Gasteiger partial charge in [-0.15, -0.1) is 0 Å². The summed E-state index contributed by atoms with van der Waals surface area (Å²) < 4.78 is 0. The highest BCUT2D eigenvalue weighted by molar-refractivity contribution is 5.83. The fourth-order valence-electron chi connectivity index (χ4n) is 4.07. The van der Waals surface area contributed by atoms with Crippen LogP contribution in [0.15, 0.2) is 54.1 Å². The van der Waals surface area contributed by atoms with Gasteiger partial charge in [-0.1, -0.05) is 43.3 Å². The van der Waals surface area contributed by atoms with Crippen molar-refractivity contribution in [3.8, 4) is 0 Å². The third-order valence-electron chi connectivity index (χ3n) is 5.07. The summed E-state index contributed by atoms with van der Waals surface area (Å²) in [7, 11) is 0. The van der Waals surface area contributed by atoms with Gasteiger partial charge in [0.2, 0.25) is 0 Å². The lowest BCUT2D eigenvalue weighted by Gasteiger charge is -2.18. The minimum Gasteiger partial charge on any atom is -0.399 e. The minimum absolute atomic E-state index is 0.375. The fourth-order valence-corrected chi connectivity index (χ4v) is 4.07. The van der Waals surface area contributed by atoms with E-state index in [1.807, 2.05) is 6.07 Å². The molecule has 0 amide bonds. The number of anilines is 1. The molecular weight excluding hydrogens is 268 g/mol. The van der Waals surface area contributed by atoms with E-state index < -0.39 is 0 Å². The van der Waals surface area contributed by atoms with Crippen LogP contribution in [-0.4, -0.2) is 13.1 Å². The Balaban J connectivity index is 1.94. The topological polar surface area (TPSA) is 38.0 Å². The maximum atomic E-state index is 6.08. The van der Waals surface area contributed by atoms with Crippen molar-refractivity contribution in [3.05, 3.63) is 70.8 Å². The quantitative estimate of drug-likeness (QED) is 0.784. The molecule has 2 heteroatoms. The van der Waals surface area contributed by atoms with Gasteiger partial charge < -0.3 is 11.1 Å². The fraction of sp³-hybridized carbons (Fsp3) is 0.300. The Hall–Kier alpha value is -2.06. The van der Waals surface area contributed by atoms with E-state index in [0.29, 0.717) is 11.8 Å². The maximum Gasteiger partial charge on any atom is 0.0323 e. The summed E-state index contributed by atoms with van der Waals surface area (Å²) in [6, 6.07) is 17.3. The van der Waals surface area contributed by atoms with Crippen LogP contribution in [0.5, 0.6) is 0 Å². The standard InChI is InChI=1S/C20H22N2/c1-13-9-10-22-12-18-19(13)17-11-15(21)7-8-16(17)20(18)14-5-3-2-4-6-14/h2-8,11,13,20,22H,9-10,12,21H2,1H3. The molecule has 1 heterocycles. The van der Waals surface area contributed by atoms with Crippen molar-refractivity contribution in [2.45, 2.75) is 19.3 Å². The summed E-state index contributed by atoms with van der Waals surface area (Å²) >= 11 is 0. The zero-order valence-electron chi connectivity index (χ0n) is 13.0. The van der Waals surface area contributed by atoms with E-state index in [9.17, 15) is 0 Å². The van der Waals surface area contributed by atoms with E-state index in [0.717, 1.165) is 18.8 Å². The van der Waals surface area contributed by atoms with Crippen LogP contribution in [0.2, 0.25) is 0 Å². The van der Waals surface area contributed by atoms with E-state index >= 15 is 0 Å². The van der Waals surface area contributed by atoms with Gasteiger partial charge in [0.1, 0.15) is 0 Å². The van der Waals surface area contributed by atoms with Gasteiger partial charge in [-0.2, -0.15) is 0 Å². The Labute approximate surface area is 132 Å². The summed E-state index contributed by atoms with van der Waals surface area (Å²) in [5.74, 6) is 0.958. The van der Waals surface area contributed by atoms with Gasteiger partial charge in [0, 0.05) is 18.2 Å². The molecule has 1 aliphatic carbocycles. The van der Waals surface area contributed by atoms with Crippen LogP contribution >= 0.6 is 0 Å². The summed E-state index contributed by atoms with van der Waals surface area (Å²) in [6.45, 7) is 4.42. The molecule has 4 rings (SSSR count). The van der Waals surface area contributed by atoms with Crippen LogP contribution < -0.4 is 11.1 Å². The molecule has 3 N–H and O–H groups in total. The Kier molecular flexibility index (Phi) is 3.27. The first kappa shape index (κ1) is 13.6. The molecule has 2 aromatic carbocycles. The van der Waals surface area contributed by atoms with Crippen molar-refractivity contribution < 1.29 is 0 Å². The number of nitrogens with one attached hydrogen (secondary N) is 1. The highest BCUT2D eigenvalue weighted by Crippen LogP contribution is 2.49. The van der Waals surface area contributed by atoms with Crippen LogP contribution in [0.25, 0.3) is 5.57 Å². The molecule has 2 nitrogen and oxygen atoms in total. The average molecular weight is 290 g/mol. The monoisotopic (exact) mass is 290 g/mol. The van der Waals surface area contributed by atoms with Crippen LogP contribution in [0.4, 0.5) is 5.69 Å². The molecule has 2 atom stereocenters. The molecule has 112 valence electrons. The summed E-state index contributed by atoms with van der Waals surface area (Å²) in [5.41, 5.74) is 14.2. The van der Waals surface area contributed by atoms with Crippen LogP contribution in [0.1, 0.15) is 36.0 Å². The molecule has 0 saturated heterocycles. The zero-order chi connectivity index (χ0) is 15.1. The number of fused-ring (bicyclic) bond motifs is 2. The summed E-state index contributed by atoms with van der Waals surface area (Å²) in [4.78, 5) is 0. The smallest absolute Gasteiger partial charge is 0.0323 e. The number of rotatable bonds is 1. The SMILES string of the molecule is CC1CCNCC2=C1c1cc(N)ccc1C2c1ccccc1. The van der Waals surface area contributed by atoms with Crippen molar-refractivity contribution in [1.82, 2.24) is 5.32 Å². The Morgan fingerprint density at radius 2 is 1.91 bits per heavy atom. The molecular formula is C20H22N2. The number of nitrogen functional groups attached to an aromatic ring is 1. The third kappa shape index (κ3) is 2.06. The van der Waals surface area contributed by atoms with Gasteiger partial charge in [0.25, 0.3) is 0 Å². The van der Waals surface area contributed by atoms with Crippen molar-refractivity contribution in [1.29, 1.82) is 0 Å². The molecule has 0 aromatic heterocycles. The predicted octanol–water partition coefficient (Wildman–Crippen LogP) is 3.80. The molecule has 2 aromatic rings. The predicted molar refractivity (Wildman–Crippen MR) is 92.7 cm³/mol. The molecule has 2 unspecified atom stereocenters. The summed E-state index contributed by atoms with van der Waals surface area (Å²) in [5, 5.41) is 3.61. The minimum atomic E-state index is 0.375. The normalized spacial score (nSPS) is 23.9. The van der Waals surface area contributed by atoms with E-state index in [4.69, 9.17) is 5.73 Å². The molecule has 0 spiro atoms. The van der Waals surface area contributed by atoms with Crippen LogP contribution in [0, 0.1) is 5.92 Å². The highest BCUT2D eigenvalue weighted by atomic mass is 14.9. The number of benzene rings is 2. The molecule has 0 radical (unpaired) electrons. The van der Waals surface area contributed by atoms with Gasteiger partial charge in [0.15, 0.2) is 0 Å². The molecule has 1 aliphatic heterocycles. The first-order valence-electron chi connectivity index (χ1n) is 8.14. The lowest BCUT2D eigenvalue weighted by atomic mass is 9.88. The summed E-state index contributed by atoms with van der Waals surface area (Å²) in [6.07, 6.45) is 1.19. The molecule has 0 saturated carbocycles.